The number of rotatable bonds is 5. The molecule has 2 aliphatic heterocycles. The zero-order valence-electron chi connectivity index (χ0n) is 21.5. The molecule has 9 N–H and O–H groups in total. The van der Waals surface area contributed by atoms with Crippen LogP contribution in [0.3, 0.4) is 0 Å². The molecule has 222 valence electrons. The van der Waals surface area contributed by atoms with Gasteiger partial charge in [0.1, 0.15) is 77.2 Å². The van der Waals surface area contributed by atoms with Gasteiger partial charge in [0.15, 0.2) is 17.3 Å². The first-order valence-electron chi connectivity index (χ1n) is 12.7. The molecule has 2 fully saturated rings. The van der Waals surface area contributed by atoms with Gasteiger partial charge in [0, 0.05) is 17.7 Å². The third-order valence-electron chi connectivity index (χ3n) is 7.40. The first kappa shape index (κ1) is 29.2. The summed E-state index contributed by atoms with van der Waals surface area (Å²) >= 11 is 0. The van der Waals surface area contributed by atoms with Crippen LogP contribution >= 0.6 is 0 Å². The van der Waals surface area contributed by atoms with Gasteiger partial charge < -0.3 is 64.6 Å². The summed E-state index contributed by atoms with van der Waals surface area (Å²) in [6.07, 6.45) is -16.0. The Kier molecular flexibility index (Phi) is 7.95. The molecule has 10 atom stereocenters. The average molecular weight is 579 g/mol. The maximum absolute atomic E-state index is 13.1. The maximum Gasteiger partial charge on any atom is 0.197 e. The molecule has 0 amide bonds. The van der Waals surface area contributed by atoms with Gasteiger partial charge in [0.05, 0.1) is 18.3 Å². The Balaban J connectivity index is 1.67. The van der Waals surface area contributed by atoms with Crippen molar-refractivity contribution >= 4 is 11.0 Å². The van der Waals surface area contributed by atoms with Crippen LogP contribution in [-0.2, 0) is 14.2 Å². The van der Waals surface area contributed by atoms with E-state index >= 15 is 0 Å². The average Bonchev–Trinajstić information content (AvgIpc) is 2.93. The van der Waals surface area contributed by atoms with Crippen molar-refractivity contribution in [3.8, 4) is 28.6 Å². The Hall–Kier alpha value is -3.31. The van der Waals surface area contributed by atoms with Gasteiger partial charge in [-0.1, -0.05) is 0 Å². The number of hydrogen-bond acceptors (Lipinski definition) is 14. The molecule has 41 heavy (non-hydrogen) atoms. The molecule has 0 radical (unpaired) electrons. The van der Waals surface area contributed by atoms with Crippen LogP contribution in [0.1, 0.15) is 18.6 Å². The van der Waals surface area contributed by atoms with Gasteiger partial charge in [0.2, 0.25) is 0 Å². The van der Waals surface area contributed by atoms with Crippen molar-refractivity contribution in [2.45, 2.75) is 68.1 Å². The molecule has 0 aliphatic carbocycles. The molecule has 3 aromatic rings. The molecule has 2 aliphatic rings. The highest BCUT2D eigenvalue weighted by molar-refractivity contribution is 5.89. The van der Waals surface area contributed by atoms with E-state index in [1.54, 1.807) is 0 Å². The van der Waals surface area contributed by atoms with Gasteiger partial charge in [0.25, 0.3) is 0 Å². The largest absolute Gasteiger partial charge is 0.508 e. The number of hydrogen-bond donors (Lipinski definition) is 9. The van der Waals surface area contributed by atoms with E-state index in [-0.39, 0.29) is 28.0 Å². The van der Waals surface area contributed by atoms with E-state index in [2.05, 4.69) is 0 Å². The van der Waals surface area contributed by atoms with Gasteiger partial charge in [-0.2, -0.15) is 0 Å². The molecule has 0 unspecified atom stereocenters. The molecule has 2 saturated heterocycles. The molecule has 1 aromatic heterocycles. The lowest BCUT2D eigenvalue weighted by molar-refractivity contribution is -0.338. The molecule has 14 nitrogen and oxygen atoms in total. The van der Waals surface area contributed by atoms with Crippen molar-refractivity contribution < 1.29 is 64.6 Å². The molecule has 2 aromatic carbocycles. The molecule has 14 heteroatoms. The molecular formula is C27H30O14. The van der Waals surface area contributed by atoms with Gasteiger partial charge in [-0.3, -0.25) is 4.79 Å². The summed E-state index contributed by atoms with van der Waals surface area (Å²) in [6.45, 7) is 0.613. The fraction of sp³-hybridized carbons (Fsp3) is 0.444. The molecule has 5 rings (SSSR count). The van der Waals surface area contributed by atoms with Crippen molar-refractivity contribution in [2.24, 2.45) is 0 Å². The lowest BCUT2D eigenvalue weighted by Gasteiger charge is -2.46. The van der Waals surface area contributed by atoms with Crippen LogP contribution in [0.4, 0.5) is 0 Å². The summed E-state index contributed by atoms with van der Waals surface area (Å²) < 4.78 is 23.0. The second-order valence-corrected chi connectivity index (χ2v) is 10.1. The fourth-order valence-corrected chi connectivity index (χ4v) is 5.12. The quantitative estimate of drug-likeness (QED) is 0.175. The van der Waals surface area contributed by atoms with E-state index in [4.69, 9.17) is 18.6 Å². The van der Waals surface area contributed by atoms with Gasteiger partial charge in [-0.25, -0.2) is 0 Å². The van der Waals surface area contributed by atoms with E-state index in [0.717, 1.165) is 12.1 Å². The second-order valence-electron chi connectivity index (χ2n) is 10.1. The minimum absolute atomic E-state index is 0.0294. The fourth-order valence-electron chi connectivity index (χ4n) is 5.12. The molecule has 0 saturated carbocycles. The van der Waals surface area contributed by atoms with Crippen LogP contribution < -0.4 is 5.43 Å². The third kappa shape index (κ3) is 5.14. The van der Waals surface area contributed by atoms with Crippen molar-refractivity contribution in [2.75, 3.05) is 6.61 Å². The maximum atomic E-state index is 13.1. The van der Waals surface area contributed by atoms with E-state index in [0.29, 0.717) is 5.56 Å². The molecule has 3 heterocycles. The zero-order chi connectivity index (χ0) is 29.7. The molecule has 0 bridgehead atoms. The summed E-state index contributed by atoms with van der Waals surface area (Å²) in [5, 5.41) is 93.0. The summed E-state index contributed by atoms with van der Waals surface area (Å²) in [5.41, 5.74) is -1.08. The van der Waals surface area contributed by atoms with Crippen LogP contribution in [0.15, 0.2) is 45.6 Å². The SMILES string of the molecule is C[C@@H]1O[C@H](O[C@@H]2[C@@H](O)[C@H](O)[C@@H](CO)O[C@H]2c2c(O)cc(O)c3c(=O)cc(-c4ccc(O)cc4)oc23)[C@@H](O)[C@H](O)[C@H]1O. The number of fused-ring (bicyclic) bond motifs is 1. The van der Waals surface area contributed by atoms with Crippen LogP contribution in [-0.4, -0.2) is 108 Å². The van der Waals surface area contributed by atoms with Crippen LogP contribution in [0.2, 0.25) is 0 Å². The highest BCUT2D eigenvalue weighted by atomic mass is 16.7. The predicted molar refractivity (Wildman–Crippen MR) is 137 cm³/mol. The number of aliphatic hydroxyl groups excluding tert-OH is 6. The number of aliphatic hydroxyl groups is 6. The number of ether oxygens (including phenoxy) is 3. The minimum atomic E-state index is -1.85. The highest BCUT2D eigenvalue weighted by Gasteiger charge is 2.51. The zero-order valence-corrected chi connectivity index (χ0v) is 21.5. The first-order chi connectivity index (χ1) is 19.4. The summed E-state index contributed by atoms with van der Waals surface area (Å²) in [6, 6.07) is 7.53. The predicted octanol–water partition coefficient (Wildman–Crippen LogP) is -1.06. The first-order valence-corrected chi connectivity index (χ1v) is 12.7. The summed E-state index contributed by atoms with van der Waals surface area (Å²) in [7, 11) is 0. The van der Waals surface area contributed by atoms with E-state index in [1.807, 2.05) is 0 Å². The smallest absolute Gasteiger partial charge is 0.197 e. The van der Waals surface area contributed by atoms with E-state index in [9.17, 15) is 50.8 Å². The van der Waals surface area contributed by atoms with E-state index < -0.39 is 84.8 Å². The van der Waals surface area contributed by atoms with Crippen molar-refractivity contribution in [1.29, 1.82) is 0 Å². The summed E-state index contributed by atoms with van der Waals surface area (Å²) in [4.78, 5) is 13.1. The van der Waals surface area contributed by atoms with Gasteiger partial charge in [-0.05, 0) is 31.2 Å². The summed E-state index contributed by atoms with van der Waals surface area (Å²) in [5.74, 6) is -1.39. The van der Waals surface area contributed by atoms with Crippen molar-refractivity contribution in [3.63, 3.8) is 0 Å². The second kappa shape index (κ2) is 11.2. The minimum Gasteiger partial charge on any atom is -0.508 e. The lowest BCUT2D eigenvalue weighted by Crippen LogP contribution is -2.61. The normalized spacial score (nSPS) is 34.1. The van der Waals surface area contributed by atoms with Crippen LogP contribution in [0.25, 0.3) is 22.3 Å². The Morgan fingerprint density at radius 3 is 2.17 bits per heavy atom. The third-order valence-corrected chi connectivity index (χ3v) is 7.40. The Morgan fingerprint density at radius 2 is 1.51 bits per heavy atom. The molecule has 0 spiro atoms. The van der Waals surface area contributed by atoms with Crippen molar-refractivity contribution in [3.05, 3.63) is 52.2 Å². The van der Waals surface area contributed by atoms with E-state index in [1.165, 1.54) is 31.2 Å². The highest BCUT2D eigenvalue weighted by Crippen LogP contribution is 2.45. The number of phenols is 3. The Labute approximate surface area is 231 Å². The lowest BCUT2D eigenvalue weighted by atomic mass is 9.89. The monoisotopic (exact) mass is 578 g/mol. The van der Waals surface area contributed by atoms with Gasteiger partial charge in [-0.15, -0.1) is 0 Å². The van der Waals surface area contributed by atoms with Crippen LogP contribution in [0.5, 0.6) is 17.2 Å². The van der Waals surface area contributed by atoms with Crippen molar-refractivity contribution in [1.82, 2.24) is 0 Å². The van der Waals surface area contributed by atoms with Crippen LogP contribution in [0, 0.1) is 0 Å². The topological polar surface area (TPSA) is 240 Å². The molecular weight excluding hydrogens is 548 g/mol. The Morgan fingerprint density at radius 1 is 0.829 bits per heavy atom. The standard InChI is InChI=1S/C27H30O14/c1-9-19(33)21(35)23(37)27(38-9)41-26-22(36)20(34)16(8-28)40-25(26)18-13(31)6-12(30)17-14(32)7-15(39-24(17)18)10-2-4-11(29)5-3-10/h2-7,9,16,19-23,25-31,33-37H,8H2,1H3/t9-,16+,19-,20+,21+,22-,23-,25-,26+,27+/m0/s1. The van der Waals surface area contributed by atoms with Gasteiger partial charge >= 0.3 is 0 Å². The Bertz CT molecular complexity index is 1460. The number of benzene rings is 2. The number of aromatic hydroxyl groups is 3. The number of phenolic OH excluding ortho intramolecular Hbond substituents is 3.